The van der Waals surface area contributed by atoms with Crippen LogP contribution in [0, 0.1) is 11.3 Å². The van der Waals surface area contributed by atoms with Crippen LogP contribution in [0.4, 0.5) is 46.8 Å². The lowest BCUT2D eigenvalue weighted by Gasteiger charge is -2.37. The standard InChI is InChI=1S/C35H32F8N8O/c1-20-16-33(36,37)7-10-50(20)17-21-11-26-27(28(12-21)35(41,42)43)18-51(32(26)52)30-14-22(13-29(47-30)45-9-4-3-8-44)25-15-23(34(38,39)40)5-6-24(25)31-48-46-19-49(31)2/h5-6,11-15,19-20H,3-4,7,9-10,16-18H2,1-2H3,(H,45,47)/t20-/m0/s1. The van der Waals surface area contributed by atoms with E-state index in [1.54, 1.807) is 18.9 Å². The van der Waals surface area contributed by atoms with Crippen molar-refractivity contribution in [1.82, 2.24) is 24.6 Å². The Balaban J connectivity index is 1.44. The van der Waals surface area contributed by atoms with E-state index in [9.17, 15) is 39.9 Å². The van der Waals surface area contributed by atoms with Gasteiger partial charge in [-0.15, -0.1) is 10.2 Å². The van der Waals surface area contributed by atoms with Crippen LogP contribution in [0.15, 0.2) is 48.8 Å². The Bertz CT molecular complexity index is 2030. The first kappa shape index (κ1) is 36.7. The minimum absolute atomic E-state index is 0.0401. The summed E-state index contributed by atoms with van der Waals surface area (Å²) in [7, 11) is 1.60. The molecule has 17 heteroatoms. The van der Waals surface area contributed by atoms with Gasteiger partial charge in [0.25, 0.3) is 11.8 Å². The Kier molecular flexibility index (Phi) is 9.73. The molecule has 4 heterocycles. The number of fused-ring (bicyclic) bond motifs is 1. The normalized spacial score (nSPS) is 17.7. The van der Waals surface area contributed by atoms with Gasteiger partial charge in [0, 0.05) is 63.1 Å². The van der Waals surface area contributed by atoms with Crippen LogP contribution in [0.3, 0.4) is 0 Å². The van der Waals surface area contributed by atoms with E-state index in [2.05, 4.69) is 20.5 Å². The highest BCUT2D eigenvalue weighted by Crippen LogP contribution is 2.43. The highest BCUT2D eigenvalue weighted by molar-refractivity contribution is 6.10. The molecule has 274 valence electrons. The number of nitrogens with one attached hydrogen (secondary N) is 1. The number of pyridine rings is 1. The number of aryl methyl sites for hydroxylation is 1. The van der Waals surface area contributed by atoms with Crippen LogP contribution in [0.2, 0.25) is 0 Å². The summed E-state index contributed by atoms with van der Waals surface area (Å²) in [4.78, 5) is 21.1. The summed E-state index contributed by atoms with van der Waals surface area (Å²) in [6.07, 6.45) is -8.56. The zero-order valence-corrected chi connectivity index (χ0v) is 27.9. The molecule has 2 aliphatic heterocycles. The van der Waals surface area contributed by atoms with Crippen molar-refractivity contribution < 1.29 is 39.9 Å². The van der Waals surface area contributed by atoms with Crippen LogP contribution < -0.4 is 10.2 Å². The van der Waals surface area contributed by atoms with E-state index >= 15 is 0 Å². The topological polar surface area (TPSA) is 103 Å². The summed E-state index contributed by atoms with van der Waals surface area (Å²) in [5, 5.41) is 19.9. The van der Waals surface area contributed by atoms with Gasteiger partial charge in [0.15, 0.2) is 5.82 Å². The fraction of sp³-hybridized carbons (Fsp3) is 0.400. The summed E-state index contributed by atoms with van der Waals surface area (Å²) in [6, 6.07) is 9.45. The molecule has 2 aromatic carbocycles. The van der Waals surface area contributed by atoms with Gasteiger partial charge in [-0.3, -0.25) is 14.6 Å². The number of amides is 1. The molecule has 0 saturated carbocycles. The third kappa shape index (κ3) is 7.57. The van der Waals surface area contributed by atoms with Crippen molar-refractivity contribution in [3.05, 3.63) is 76.6 Å². The number of halogens is 8. The Morgan fingerprint density at radius 3 is 2.44 bits per heavy atom. The number of unbranched alkanes of at least 4 members (excludes halogenated alkanes) is 1. The van der Waals surface area contributed by atoms with E-state index in [1.165, 1.54) is 35.2 Å². The second-order valence-corrected chi connectivity index (χ2v) is 13.0. The number of benzene rings is 2. The Morgan fingerprint density at radius 2 is 1.79 bits per heavy atom. The molecule has 0 bridgehead atoms. The molecular weight excluding hydrogens is 700 g/mol. The number of hydrogen-bond acceptors (Lipinski definition) is 7. The van der Waals surface area contributed by atoms with Crippen LogP contribution in [0.25, 0.3) is 22.5 Å². The number of aromatic nitrogens is 4. The highest BCUT2D eigenvalue weighted by Gasteiger charge is 2.42. The van der Waals surface area contributed by atoms with Gasteiger partial charge in [-0.1, -0.05) is 0 Å². The first-order chi connectivity index (χ1) is 24.4. The number of carbonyl (C=O) groups excluding carboxylic acids is 1. The number of alkyl halides is 8. The van der Waals surface area contributed by atoms with Crippen molar-refractivity contribution in [2.75, 3.05) is 23.3 Å². The van der Waals surface area contributed by atoms with Crippen molar-refractivity contribution in [3.8, 4) is 28.6 Å². The van der Waals surface area contributed by atoms with E-state index in [4.69, 9.17) is 5.26 Å². The fourth-order valence-electron chi connectivity index (χ4n) is 6.62. The average molecular weight is 733 g/mol. The molecule has 0 unspecified atom stereocenters. The first-order valence-corrected chi connectivity index (χ1v) is 16.3. The number of nitrogens with zero attached hydrogens (tertiary/aromatic N) is 7. The maximum atomic E-state index is 14.5. The monoisotopic (exact) mass is 732 g/mol. The molecule has 0 aliphatic carbocycles. The first-order valence-electron chi connectivity index (χ1n) is 16.3. The largest absolute Gasteiger partial charge is 0.416 e. The van der Waals surface area contributed by atoms with Gasteiger partial charge in [-0.2, -0.15) is 31.6 Å². The Labute approximate surface area is 292 Å². The van der Waals surface area contributed by atoms with Gasteiger partial charge >= 0.3 is 12.4 Å². The van der Waals surface area contributed by atoms with Crippen molar-refractivity contribution in [2.45, 2.75) is 70.0 Å². The SMILES string of the molecule is C[C@H]1CC(F)(F)CCN1Cc1cc2c(c(C(F)(F)F)c1)CN(c1cc(-c3cc(C(F)(F)F)ccc3-c3nncn3C)cc(NCCCC#N)n1)C2=O. The number of likely N-dealkylation sites (tertiary alicyclic amines) is 1. The van der Waals surface area contributed by atoms with Crippen molar-refractivity contribution in [2.24, 2.45) is 7.05 Å². The van der Waals surface area contributed by atoms with Crippen LogP contribution in [-0.2, 0) is 32.5 Å². The highest BCUT2D eigenvalue weighted by atomic mass is 19.4. The van der Waals surface area contributed by atoms with Crippen LogP contribution in [0.1, 0.15) is 65.2 Å². The summed E-state index contributed by atoms with van der Waals surface area (Å²) in [5.74, 6) is -3.51. The molecule has 4 aromatic rings. The van der Waals surface area contributed by atoms with E-state index in [1.807, 2.05) is 6.07 Å². The van der Waals surface area contributed by atoms with Gasteiger partial charge in [0.1, 0.15) is 18.0 Å². The zero-order valence-electron chi connectivity index (χ0n) is 27.9. The van der Waals surface area contributed by atoms with Crippen LogP contribution >= 0.6 is 0 Å². The lowest BCUT2D eigenvalue weighted by molar-refractivity contribution is -0.138. The van der Waals surface area contributed by atoms with E-state index in [-0.39, 0.29) is 76.9 Å². The van der Waals surface area contributed by atoms with Crippen LogP contribution in [0.5, 0.6) is 0 Å². The molecule has 6 rings (SSSR count). The van der Waals surface area contributed by atoms with E-state index in [0.717, 1.165) is 23.1 Å². The Morgan fingerprint density at radius 1 is 1.02 bits per heavy atom. The quantitative estimate of drug-likeness (QED) is 0.137. The summed E-state index contributed by atoms with van der Waals surface area (Å²) in [5.41, 5.74) is -2.02. The third-order valence-electron chi connectivity index (χ3n) is 9.24. The molecule has 0 radical (unpaired) electrons. The maximum absolute atomic E-state index is 14.5. The van der Waals surface area contributed by atoms with E-state index in [0.29, 0.717) is 6.42 Å². The molecule has 1 amide bonds. The van der Waals surface area contributed by atoms with E-state index < -0.39 is 60.7 Å². The molecule has 2 aromatic heterocycles. The molecular formula is C35H32F8N8O. The van der Waals surface area contributed by atoms with Gasteiger partial charge in [-0.25, -0.2) is 13.8 Å². The smallest absolute Gasteiger partial charge is 0.370 e. The lowest BCUT2D eigenvalue weighted by Crippen LogP contribution is -2.44. The maximum Gasteiger partial charge on any atom is 0.416 e. The second kappa shape index (κ2) is 13.8. The number of rotatable bonds is 9. The second-order valence-electron chi connectivity index (χ2n) is 13.0. The molecule has 52 heavy (non-hydrogen) atoms. The summed E-state index contributed by atoms with van der Waals surface area (Å²) >= 11 is 0. The number of hydrogen-bond donors (Lipinski definition) is 1. The summed E-state index contributed by atoms with van der Waals surface area (Å²) in [6.45, 7) is 1.12. The van der Waals surface area contributed by atoms with Crippen LogP contribution in [-0.4, -0.2) is 55.6 Å². The molecule has 1 N–H and O–H groups in total. The molecule has 1 fully saturated rings. The van der Waals surface area contributed by atoms with Crippen molar-refractivity contribution >= 4 is 17.5 Å². The number of carbonyl (C=O) groups is 1. The summed E-state index contributed by atoms with van der Waals surface area (Å²) < 4.78 is 115. The van der Waals surface area contributed by atoms with Gasteiger partial charge in [0.2, 0.25) is 0 Å². The lowest BCUT2D eigenvalue weighted by atomic mass is 9.96. The number of piperidine rings is 1. The predicted octanol–water partition coefficient (Wildman–Crippen LogP) is 8.08. The fourth-order valence-corrected chi connectivity index (χ4v) is 6.62. The molecule has 2 aliphatic rings. The van der Waals surface area contributed by atoms with Gasteiger partial charge in [-0.05, 0) is 78.1 Å². The Hall–Kier alpha value is -5.11. The predicted molar refractivity (Wildman–Crippen MR) is 174 cm³/mol. The average Bonchev–Trinajstić information content (AvgIpc) is 3.65. The minimum atomic E-state index is -4.87. The number of nitriles is 1. The zero-order chi connectivity index (χ0) is 37.6. The van der Waals surface area contributed by atoms with Crippen molar-refractivity contribution in [1.29, 1.82) is 5.26 Å². The van der Waals surface area contributed by atoms with Crippen molar-refractivity contribution in [3.63, 3.8) is 0 Å². The molecule has 1 saturated heterocycles. The molecule has 0 spiro atoms. The molecule has 9 nitrogen and oxygen atoms in total. The van der Waals surface area contributed by atoms with Gasteiger partial charge < -0.3 is 9.88 Å². The third-order valence-corrected chi connectivity index (χ3v) is 9.24. The number of anilines is 2. The minimum Gasteiger partial charge on any atom is -0.370 e. The molecule has 1 atom stereocenters. The van der Waals surface area contributed by atoms with Gasteiger partial charge in [0.05, 0.1) is 23.7 Å².